The molecule has 0 aromatic carbocycles. The molecule has 1 atom stereocenters. The Morgan fingerprint density at radius 2 is 2.29 bits per heavy atom. The summed E-state index contributed by atoms with van der Waals surface area (Å²) in [5, 5.41) is 12.5. The molecule has 1 unspecified atom stereocenters. The van der Waals surface area contributed by atoms with E-state index >= 15 is 0 Å². The van der Waals surface area contributed by atoms with E-state index in [2.05, 4.69) is 15.3 Å². The molecule has 0 saturated heterocycles. The third-order valence-corrected chi connectivity index (χ3v) is 1.83. The van der Waals surface area contributed by atoms with Crippen LogP contribution in [-0.4, -0.2) is 27.7 Å². The summed E-state index contributed by atoms with van der Waals surface area (Å²) < 4.78 is 0. The maximum Gasteiger partial charge on any atom is 0.134 e. The zero-order valence-corrected chi connectivity index (χ0v) is 9.04. The van der Waals surface area contributed by atoms with E-state index in [0.717, 1.165) is 6.42 Å². The second kappa shape index (κ2) is 5.12. The summed E-state index contributed by atoms with van der Waals surface area (Å²) in [5.41, 5.74) is 0. The Balaban J connectivity index is 2.71. The Morgan fingerprint density at radius 1 is 1.57 bits per heavy atom. The lowest BCUT2D eigenvalue weighted by molar-refractivity contribution is 0.208. The van der Waals surface area contributed by atoms with Crippen LogP contribution in [0.3, 0.4) is 0 Å². The molecule has 1 aromatic heterocycles. The van der Waals surface area contributed by atoms with Crippen LogP contribution >= 0.6 is 11.6 Å². The Morgan fingerprint density at radius 3 is 2.86 bits per heavy atom. The van der Waals surface area contributed by atoms with Crippen molar-refractivity contribution in [1.29, 1.82) is 0 Å². The summed E-state index contributed by atoms with van der Waals surface area (Å²) >= 11 is 5.79. The first kappa shape index (κ1) is 11.2. The Labute approximate surface area is 88.3 Å². The van der Waals surface area contributed by atoms with Crippen LogP contribution in [0.4, 0.5) is 5.82 Å². The molecule has 1 rings (SSSR count). The van der Waals surface area contributed by atoms with Crippen LogP contribution in [0.25, 0.3) is 0 Å². The summed E-state index contributed by atoms with van der Waals surface area (Å²) in [7, 11) is 0. The van der Waals surface area contributed by atoms with Crippen molar-refractivity contribution in [2.24, 2.45) is 0 Å². The van der Waals surface area contributed by atoms with E-state index in [9.17, 15) is 0 Å². The van der Waals surface area contributed by atoms with Gasteiger partial charge in [-0.2, -0.15) is 0 Å². The van der Waals surface area contributed by atoms with Crippen LogP contribution in [0.15, 0.2) is 6.07 Å². The lowest BCUT2D eigenvalue weighted by Gasteiger charge is -2.08. The van der Waals surface area contributed by atoms with Gasteiger partial charge in [0, 0.05) is 19.0 Å². The van der Waals surface area contributed by atoms with E-state index in [0.29, 0.717) is 23.3 Å². The predicted octanol–water partition coefficient (Wildman–Crippen LogP) is 1.49. The van der Waals surface area contributed by atoms with E-state index in [1.54, 1.807) is 13.0 Å². The summed E-state index contributed by atoms with van der Waals surface area (Å²) in [6, 6.07) is 1.64. The van der Waals surface area contributed by atoms with Gasteiger partial charge in [0.15, 0.2) is 0 Å². The van der Waals surface area contributed by atoms with Gasteiger partial charge in [-0.1, -0.05) is 18.5 Å². The third kappa shape index (κ3) is 3.47. The van der Waals surface area contributed by atoms with Crippen molar-refractivity contribution in [3.63, 3.8) is 0 Å². The molecule has 0 bridgehead atoms. The van der Waals surface area contributed by atoms with Gasteiger partial charge >= 0.3 is 0 Å². The maximum absolute atomic E-state index is 9.07. The number of aliphatic hydroxyl groups excluding tert-OH is 1. The summed E-state index contributed by atoms with van der Waals surface area (Å²) in [5.74, 6) is 1.35. The number of halogens is 1. The van der Waals surface area contributed by atoms with E-state index in [1.165, 1.54) is 0 Å². The van der Waals surface area contributed by atoms with E-state index in [-0.39, 0.29) is 0 Å². The molecule has 4 nitrogen and oxygen atoms in total. The smallest absolute Gasteiger partial charge is 0.134 e. The number of hydrogen-bond acceptors (Lipinski definition) is 4. The van der Waals surface area contributed by atoms with Gasteiger partial charge in [0.1, 0.15) is 16.8 Å². The molecule has 1 heterocycles. The molecular formula is C9H14ClN3O. The number of aliphatic hydroxyl groups is 1. The highest BCUT2D eigenvalue weighted by Crippen LogP contribution is 2.11. The van der Waals surface area contributed by atoms with Crippen molar-refractivity contribution < 1.29 is 5.11 Å². The fourth-order valence-corrected chi connectivity index (χ4v) is 1.17. The minimum Gasteiger partial charge on any atom is -0.392 e. The van der Waals surface area contributed by atoms with Gasteiger partial charge in [-0.05, 0) is 6.92 Å². The number of anilines is 1. The zero-order valence-electron chi connectivity index (χ0n) is 8.29. The van der Waals surface area contributed by atoms with Crippen LogP contribution in [0.5, 0.6) is 0 Å². The Hall–Kier alpha value is -0.870. The highest BCUT2D eigenvalue weighted by atomic mass is 35.5. The minimum atomic E-state index is -0.409. The first-order valence-electron chi connectivity index (χ1n) is 4.57. The summed E-state index contributed by atoms with van der Waals surface area (Å²) in [4.78, 5) is 8.24. The second-order valence-corrected chi connectivity index (χ2v) is 3.46. The van der Waals surface area contributed by atoms with Crippen LogP contribution in [0.2, 0.25) is 5.15 Å². The zero-order chi connectivity index (χ0) is 10.6. The summed E-state index contributed by atoms with van der Waals surface area (Å²) in [6.45, 7) is 4.12. The molecule has 0 fully saturated rings. The monoisotopic (exact) mass is 215 g/mol. The van der Waals surface area contributed by atoms with Crippen LogP contribution < -0.4 is 5.32 Å². The molecule has 1 aromatic rings. The fourth-order valence-electron chi connectivity index (χ4n) is 0.966. The molecule has 5 heteroatoms. The molecule has 14 heavy (non-hydrogen) atoms. The number of nitrogens with zero attached hydrogens (tertiary/aromatic N) is 2. The number of rotatable bonds is 4. The van der Waals surface area contributed by atoms with Crippen molar-refractivity contribution in [3.8, 4) is 0 Å². The molecule has 0 aliphatic heterocycles. The Kier molecular flexibility index (Phi) is 4.10. The largest absolute Gasteiger partial charge is 0.392 e. The first-order valence-corrected chi connectivity index (χ1v) is 4.95. The molecule has 0 saturated carbocycles. The number of aryl methyl sites for hydroxylation is 1. The normalized spacial score (nSPS) is 12.6. The number of aromatic nitrogens is 2. The SMILES string of the molecule is CCc1nc(Cl)cc(NCC(C)O)n1. The molecule has 2 N–H and O–H groups in total. The average Bonchev–Trinajstić information content (AvgIpc) is 2.14. The number of nitrogens with one attached hydrogen (secondary N) is 1. The van der Waals surface area contributed by atoms with Gasteiger partial charge in [0.05, 0.1) is 6.10 Å². The van der Waals surface area contributed by atoms with Crippen molar-refractivity contribution in [2.75, 3.05) is 11.9 Å². The predicted molar refractivity (Wildman–Crippen MR) is 56.6 cm³/mol. The average molecular weight is 216 g/mol. The quantitative estimate of drug-likeness (QED) is 0.748. The van der Waals surface area contributed by atoms with E-state index < -0.39 is 6.10 Å². The highest BCUT2D eigenvalue weighted by Gasteiger charge is 2.02. The minimum absolute atomic E-state index is 0.409. The second-order valence-electron chi connectivity index (χ2n) is 3.08. The third-order valence-electron chi connectivity index (χ3n) is 1.64. The lowest BCUT2D eigenvalue weighted by atomic mass is 10.4. The fraction of sp³-hybridized carbons (Fsp3) is 0.556. The lowest BCUT2D eigenvalue weighted by Crippen LogP contribution is -2.16. The van der Waals surface area contributed by atoms with Gasteiger partial charge in [-0.25, -0.2) is 9.97 Å². The van der Waals surface area contributed by atoms with E-state index in [4.69, 9.17) is 16.7 Å². The van der Waals surface area contributed by atoms with E-state index in [1.807, 2.05) is 6.92 Å². The summed E-state index contributed by atoms with van der Waals surface area (Å²) in [6.07, 6.45) is 0.331. The van der Waals surface area contributed by atoms with Crippen LogP contribution in [-0.2, 0) is 6.42 Å². The molecule has 0 radical (unpaired) electrons. The molecule has 0 amide bonds. The van der Waals surface area contributed by atoms with Crippen molar-refractivity contribution in [3.05, 3.63) is 17.0 Å². The standard InChI is InChI=1S/C9H14ClN3O/c1-3-8-12-7(10)4-9(13-8)11-5-6(2)14/h4,6,14H,3,5H2,1-2H3,(H,11,12,13). The number of hydrogen-bond donors (Lipinski definition) is 2. The topological polar surface area (TPSA) is 58.0 Å². The van der Waals surface area contributed by atoms with Crippen LogP contribution in [0.1, 0.15) is 19.7 Å². The van der Waals surface area contributed by atoms with Crippen molar-refractivity contribution >= 4 is 17.4 Å². The highest BCUT2D eigenvalue weighted by molar-refractivity contribution is 6.29. The molecule has 0 spiro atoms. The van der Waals surface area contributed by atoms with Gasteiger partial charge in [-0.3, -0.25) is 0 Å². The van der Waals surface area contributed by atoms with Crippen LogP contribution in [0, 0.1) is 0 Å². The maximum atomic E-state index is 9.07. The van der Waals surface area contributed by atoms with Gasteiger partial charge < -0.3 is 10.4 Å². The molecule has 0 aliphatic rings. The van der Waals surface area contributed by atoms with Gasteiger partial charge in [0.2, 0.25) is 0 Å². The molecule has 0 aliphatic carbocycles. The van der Waals surface area contributed by atoms with Crippen molar-refractivity contribution in [1.82, 2.24) is 9.97 Å². The first-order chi connectivity index (χ1) is 6.61. The molecular weight excluding hydrogens is 202 g/mol. The molecule has 78 valence electrons. The van der Waals surface area contributed by atoms with Gasteiger partial charge in [0.25, 0.3) is 0 Å². The van der Waals surface area contributed by atoms with Gasteiger partial charge in [-0.15, -0.1) is 0 Å². The van der Waals surface area contributed by atoms with Crippen molar-refractivity contribution in [2.45, 2.75) is 26.4 Å². The Bertz CT molecular complexity index is 304.